The van der Waals surface area contributed by atoms with E-state index in [9.17, 15) is 4.79 Å². The predicted molar refractivity (Wildman–Crippen MR) is 66.8 cm³/mol. The molecule has 1 amide bonds. The smallest absolute Gasteiger partial charge is 0.251 e. The fraction of sp³-hybridized carbons (Fsp3) is 0.357. The van der Waals surface area contributed by atoms with Gasteiger partial charge in [0.25, 0.3) is 5.91 Å². The first kappa shape index (κ1) is 11.7. The molecule has 17 heavy (non-hydrogen) atoms. The van der Waals surface area contributed by atoms with Crippen molar-refractivity contribution in [3.8, 4) is 0 Å². The highest BCUT2D eigenvalue weighted by atomic mass is 16.5. The van der Waals surface area contributed by atoms with Crippen LogP contribution in [0.1, 0.15) is 28.8 Å². The summed E-state index contributed by atoms with van der Waals surface area (Å²) in [6.07, 6.45) is 4.14. The number of ether oxygens (including phenoxy) is 1. The van der Waals surface area contributed by atoms with Gasteiger partial charge in [-0.15, -0.1) is 0 Å². The van der Waals surface area contributed by atoms with Crippen LogP contribution in [0.4, 0.5) is 0 Å². The second kappa shape index (κ2) is 5.53. The lowest BCUT2D eigenvalue weighted by Gasteiger charge is -2.15. The van der Waals surface area contributed by atoms with Crippen LogP contribution in [-0.2, 0) is 4.74 Å². The fourth-order valence-electron chi connectivity index (χ4n) is 1.71. The minimum atomic E-state index is -0.0555. The standard InChI is InChI=1S/C14H17NO2/c1-11-5-7-12(8-6-11)14(16)15-10-13-4-2-3-9-17-13/h4-8H,2-3,9-10H2,1H3,(H,15,16). The van der Waals surface area contributed by atoms with Crippen molar-refractivity contribution >= 4 is 5.91 Å². The molecule has 0 saturated carbocycles. The second-order valence-electron chi connectivity index (χ2n) is 4.21. The monoisotopic (exact) mass is 231 g/mol. The van der Waals surface area contributed by atoms with E-state index in [4.69, 9.17) is 4.74 Å². The number of hydrogen-bond acceptors (Lipinski definition) is 2. The van der Waals surface area contributed by atoms with E-state index in [0.29, 0.717) is 12.1 Å². The molecule has 0 spiro atoms. The molecule has 0 fully saturated rings. The Morgan fingerprint density at radius 3 is 2.76 bits per heavy atom. The topological polar surface area (TPSA) is 38.3 Å². The Hall–Kier alpha value is -1.77. The van der Waals surface area contributed by atoms with Crippen LogP contribution < -0.4 is 5.32 Å². The van der Waals surface area contributed by atoms with E-state index in [-0.39, 0.29) is 5.91 Å². The van der Waals surface area contributed by atoms with Crippen molar-refractivity contribution < 1.29 is 9.53 Å². The van der Waals surface area contributed by atoms with Gasteiger partial charge in [0.2, 0.25) is 0 Å². The molecule has 0 unspecified atom stereocenters. The average molecular weight is 231 g/mol. The van der Waals surface area contributed by atoms with Gasteiger partial charge < -0.3 is 10.1 Å². The number of rotatable bonds is 3. The minimum Gasteiger partial charge on any atom is -0.496 e. The van der Waals surface area contributed by atoms with Crippen LogP contribution in [0.3, 0.4) is 0 Å². The normalized spacial score (nSPS) is 14.8. The highest BCUT2D eigenvalue weighted by Crippen LogP contribution is 2.09. The van der Waals surface area contributed by atoms with Crippen LogP contribution in [0.25, 0.3) is 0 Å². The van der Waals surface area contributed by atoms with Crippen LogP contribution in [0.2, 0.25) is 0 Å². The summed E-state index contributed by atoms with van der Waals surface area (Å²) in [4.78, 5) is 11.8. The number of amides is 1. The molecule has 0 atom stereocenters. The highest BCUT2D eigenvalue weighted by Gasteiger charge is 2.08. The second-order valence-corrected chi connectivity index (χ2v) is 4.21. The molecule has 3 heteroatoms. The summed E-state index contributed by atoms with van der Waals surface area (Å²) in [5.41, 5.74) is 1.84. The number of aryl methyl sites for hydroxylation is 1. The Labute approximate surface area is 101 Å². The van der Waals surface area contributed by atoms with Crippen molar-refractivity contribution in [2.24, 2.45) is 0 Å². The largest absolute Gasteiger partial charge is 0.496 e. The first-order valence-electron chi connectivity index (χ1n) is 5.92. The third kappa shape index (κ3) is 3.34. The first-order valence-corrected chi connectivity index (χ1v) is 5.92. The summed E-state index contributed by atoms with van der Waals surface area (Å²) in [5, 5.41) is 2.86. The van der Waals surface area contributed by atoms with Crippen LogP contribution in [0.15, 0.2) is 36.1 Å². The van der Waals surface area contributed by atoms with Gasteiger partial charge in [-0.2, -0.15) is 0 Å². The SMILES string of the molecule is Cc1ccc(C(=O)NCC2=CCCCO2)cc1. The van der Waals surface area contributed by atoms with Gasteiger partial charge >= 0.3 is 0 Å². The number of carbonyl (C=O) groups is 1. The molecule has 0 radical (unpaired) electrons. The Morgan fingerprint density at radius 1 is 1.35 bits per heavy atom. The molecule has 1 aromatic carbocycles. The fourth-order valence-corrected chi connectivity index (χ4v) is 1.71. The molecule has 1 aromatic rings. The maximum Gasteiger partial charge on any atom is 0.251 e. The number of hydrogen-bond donors (Lipinski definition) is 1. The van der Waals surface area contributed by atoms with Gasteiger partial charge in [-0.3, -0.25) is 4.79 Å². The average Bonchev–Trinajstić information content (AvgIpc) is 2.38. The van der Waals surface area contributed by atoms with Crippen molar-refractivity contribution in [2.75, 3.05) is 13.2 Å². The summed E-state index contributed by atoms with van der Waals surface area (Å²) in [7, 11) is 0. The van der Waals surface area contributed by atoms with Crippen molar-refractivity contribution in [3.63, 3.8) is 0 Å². The quantitative estimate of drug-likeness (QED) is 0.867. The van der Waals surface area contributed by atoms with E-state index in [1.165, 1.54) is 0 Å². The van der Waals surface area contributed by atoms with Gasteiger partial charge in [-0.25, -0.2) is 0 Å². The van der Waals surface area contributed by atoms with Gasteiger partial charge in [0, 0.05) is 5.56 Å². The lowest BCUT2D eigenvalue weighted by atomic mass is 10.1. The zero-order valence-corrected chi connectivity index (χ0v) is 10.0. The molecule has 0 bridgehead atoms. The Kier molecular flexibility index (Phi) is 3.81. The summed E-state index contributed by atoms with van der Waals surface area (Å²) in [5.74, 6) is 0.816. The van der Waals surface area contributed by atoms with Gasteiger partial charge in [-0.05, 0) is 38.0 Å². The van der Waals surface area contributed by atoms with E-state index in [1.54, 1.807) is 0 Å². The molecule has 1 heterocycles. The minimum absolute atomic E-state index is 0.0555. The van der Waals surface area contributed by atoms with E-state index in [2.05, 4.69) is 5.32 Å². The van der Waals surface area contributed by atoms with Crippen LogP contribution in [0, 0.1) is 6.92 Å². The van der Waals surface area contributed by atoms with Crippen molar-refractivity contribution in [3.05, 3.63) is 47.2 Å². The maximum absolute atomic E-state index is 11.8. The first-order chi connectivity index (χ1) is 8.25. The van der Waals surface area contributed by atoms with Gasteiger partial charge in [0.05, 0.1) is 13.2 Å². The summed E-state index contributed by atoms with van der Waals surface area (Å²) >= 11 is 0. The summed E-state index contributed by atoms with van der Waals surface area (Å²) in [6.45, 7) is 3.24. The zero-order valence-electron chi connectivity index (χ0n) is 10.0. The van der Waals surface area contributed by atoms with Crippen molar-refractivity contribution in [1.82, 2.24) is 5.32 Å². The van der Waals surface area contributed by atoms with Crippen molar-refractivity contribution in [2.45, 2.75) is 19.8 Å². The molecule has 0 aliphatic carbocycles. The Balaban J connectivity index is 1.88. The predicted octanol–water partition coefficient (Wildman–Crippen LogP) is 2.42. The lowest BCUT2D eigenvalue weighted by Crippen LogP contribution is -2.27. The molecule has 3 nitrogen and oxygen atoms in total. The van der Waals surface area contributed by atoms with Crippen LogP contribution in [-0.4, -0.2) is 19.1 Å². The van der Waals surface area contributed by atoms with Crippen LogP contribution >= 0.6 is 0 Å². The lowest BCUT2D eigenvalue weighted by molar-refractivity contribution is 0.0944. The van der Waals surface area contributed by atoms with E-state index in [0.717, 1.165) is 30.8 Å². The van der Waals surface area contributed by atoms with E-state index in [1.807, 2.05) is 37.3 Å². The number of carbonyl (C=O) groups excluding carboxylic acids is 1. The molecule has 1 N–H and O–H groups in total. The van der Waals surface area contributed by atoms with Gasteiger partial charge in [0.1, 0.15) is 5.76 Å². The van der Waals surface area contributed by atoms with E-state index < -0.39 is 0 Å². The molecular weight excluding hydrogens is 214 g/mol. The van der Waals surface area contributed by atoms with E-state index >= 15 is 0 Å². The highest BCUT2D eigenvalue weighted by molar-refractivity contribution is 5.94. The van der Waals surface area contributed by atoms with Crippen LogP contribution in [0.5, 0.6) is 0 Å². The summed E-state index contributed by atoms with van der Waals surface area (Å²) < 4.78 is 5.43. The third-order valence-corrected chi connectivity index (χ3v) is 2.74. The Bertz CT molecular complexity index is 420. The van der Waals surface area contributed by atoms with Gasteiger partial charge in [-0.1, -0.05) is 17.7 Å². The van der Waals surface area contributed by atoms with Crippen molar-refractivity contribution in [1.29, 1.82) is 0 Å². The third-order valence-electron chi connectivity index (χ3n) is 2.74. The Morgan fingerprint density at radius 2 is 2.12 bits per heavy atom. The summed E-state index contributed by atoms with van der Waals surface area (Å²) in [6, 6.07) is 7.54. The molecule has 1 aliphatic heterocycles. The molecule has 0 aromatic heterocycles. The molecule has 0 saturated heterocycles. The molecule has 2 rings (SSSR count). The molecular formula is C14H17NO2. The molecule has 1 aliphatic rings. The number of nitrogens with one attached hydrogen (secondary N) is 1. The number of benzene rings is 1. The molecule has 90 valence electrons. The number of allylic oxidation sites excluding steroid dienone is 1. The van der Waals surface area contributed by atoms with Gasteiger partial charge in [0.15, 0.2) is 0 Å². The zero-order chi connectivity index (χ0) is 12.1. The maximum atomic E-state index is 11.8.